The second-order valence-electron chi connectivity index (χ2n) is 10.2. The summed E-state index contributed by atoms with van der Waals surface area (Å²) in [5.74, 6) is 0.775. The molecule has 5 rings (SSSR count). The molecule has 8 nitrogen and oxygen atoms in total. The second-order valence-corrected chi connectivity index (χ2v) is 10.2. The van der Waals surface area contributed by atoms with Crippen molar-refractivity contribution in [3.63, 3.8) is 0 Å². The minimum absolute atomic E-state index is 0.588. The maximum absolute atomic E-state index is 12.0. The van der Waals surface area contributed by atoms with E-state index in [9.17, 15) is 4.79 Å². The van der Waals surface area contributed by atoms with Gasteiger partial charge in [0, 0.05) is 25.8 Å². The Hall–Kier alpha value is -3.26. The average Bonchev–Trinajstić information content (AvgIpc) is 3.32. The molecule has 2 saturated heterocycles. The minimum atomic E-state index is 0.588. The fraction of sp³-hybridized carbons (Fsp3) is 0.500. The molecule has 0 aliphatic carbocycles. The Balaban J connectivity index is 1.32. The number of likely N-dealkylation sites (tertiary alicyclic amines) is 1. The molecule has 0 spiro atoms. The van der Waals surface area contributed by atoms with Gasteiger partial charge in [0.15, 0.2) is 0 Å². The number of hydrogen-bond acceptors (Lipinski definition) is 6. The van der Waals surface area contributed by atoms with Crippen LogP contribution in [0.1, 0.15) is 56.1 Å². The lowest BCUT2D eigenvalue weighted by atomic mass is 9.95. The maximum atomic E-state index is 12.0. The van der Waals surface area contributed by atoms with Crippen LogP contribution in [0.5, 0.6) is 0 Å². The molecule has 0 saturated carbocycles. The van der Waals surface area contributed by atoms with Crippen molar-refractivity contribution in [2.24, 2.45) is 10.9 Å². The molecule has 3 aromatic rings. The Morgan fingerprint density at radius 3 is 2.58 bits per heavy atom. The lowest BCUT2D eigenvalue weighted by Crippen LogP contribution is -2.40. The highest BCUT2D eigenvalue weighted by atomic mass is 16.1. The smallest absolute Gasteiger partial charge is 0.219 e. The molecule has 0 aromatic carbocycles. The van der Waals surface area contributed by atoms with Crippen LogP contribution in [-0.2, 0) is 4.79 Å². The minimum Gasteiger partial charge on any atom is -0.370 e. The van der Waals surface area contributed by atoms with Gasteiger partial charge in [-0.25, -0.2) is 9.51 Å². The number of rotatable bonds is 6. The van der Waals surface area contributed by atoms with E-state index in [4.69, 9.17) is 10.1 Å². The average molecular weight is 488 g/mol. The van der Waals surface area contributed by atoms with E-state index in [0.717, 1.165) is 59.4 Å². The van der Waals surface area contributed by atoms with Gasteiger partial charge in [-0.05, 0) is 83.7 Å². The van der Waals surface area contributed by atoms with Gasteiger partial charge in [0.05, 0.1) is 34.5 Å². The number of allylic oxidation sites excluding steroid dienone is 1. The fourth-order valence-electron chi connectivity index (χ4n) is 5.55. The predicted octanol–water partition coefficient (Wildman–Crippen LogP) is 3.85. The van der Waals surface area contributed by atoms with E-state index in [1.165, 1.54) is 51.7 Å². The van der Waals surface area contributed by atoms with Gasteiger partial charge in [0.25, 0.3) is 0 Å². The van der Waals surface area contributed by atoms with Crippen molar-refractivity contribution in [3.8, 4) is 0 Å². The highest BCUT2D eigenvalue weighted by molar-refractivity contribution is 5.67. The van der Waals surface area contributed by atoms with Gasteiger partial charge in [0.2, 0.25) is 6.41 Å². The molecule has 0 amide bonds. The van der Waals surface area contributed by atoms with Gasteiger partial charge in [0.1, 0.15) is 11.2 Å². The van der Waals surface area contributed by atoms with E-state index < -0.39 is 0 Å². The Morgan fingerprint density at radius 2 is 1.86 bits per heavy atom. The summed E-state index contributed by atoms with van der Waals surface area (Å²) >= 11 is 0. The first kappa shape index (κ1) is 24.4. The van der Waals surface area contributed by atoms with Crippen LogP contribution in [0.4, 0.5) is 5.69 Å². The number of nitrogens with zero attached hydrogens (tertiary/aromatic N) is 7. The molecule has 0 radical (unpaired) electrons. The van der Waals surface area contributed by atoms with E-state index in [0.29, 0.717) is 5.49 Å². The van der Waals surface area contributed by atoms with Crippen LogP contribution in [0.15, 0.2) is 41.7 Å². The summed E-state index contributed by atoms with van der Waals surface area (Å²) in [5, 5.41) is 4.70. The van der Waals surface area contributed by atoms with Crippen LogP contribution in [0, 0.1) is 19.8 Å². The van der Waals surface area contributed by atoms with Crippen molar-refractivity contribution in [2.75, 3.05) is 37.6 Å². The van der Waals surface area contributed by atoms with Crippen molar-refractivity contribution < 1.29 is 4.79 Å². The molecule has 8 heteroatoms. The third-order valence-electron chi connectivity index (χ3n) is 7.53. The van der Waals surface area contributed by atoms with Gasteiger partial charge in [-0.15, -0.1) is 0 Å². The summed E-state index contributed by atoms with van der Waals surface area (Å²) in [4.78, 5) is 26.4. The topological polar surface area (TPSA) is 71.0 Å². The summed E-state index contributed by atoms with van der Waals surface area (Å²) in [7, 11) is 0. The normalized spacial score (nSPS) is 18.8. The SMILES string of the molecule is C/C=C(\N=c1ccc(N2CCC(CN3CCCCC3)CC2)cn1C=O)c1cc2c(C)nc(C)cn2n1. The van der Waals surface area contributed by atoms with E-state index in [-0.39, 0.29) is 0 Å². The van der Waals surface area contributed by atoms with E-state index in [1.54, 1.807) is 4.57 Å². The number of pyridine rings is 1. The summed E-state index contributed by atoms with van der Waals surface area (Å²) < 4.78 is 3.42. The van der Waals surface area contributed by atoms with Crippen molar-refractivity contribution in [1.82, 2.24) is 24.1 Å². The molecule has 2 aliphatic heterocycles. The number of piperidine rings is 2. The zero-order valence-corrected chi connectivity index (χ0v) is 21.7. The molecule has 3 aromatic heterocycles. The van der Waals surface area contributed by atoms with E-state index in [2.05, 4.69) is 20.9 Å². The van der Waals surface area contributed by atoms with Crippen molar-refractivity contribution in [3.05, 3.63) is 59.2 Å². The lowest BCUT2D eigenvalue weighted by molar-refractivity contribution is 0.181. The maximum Gasteiger partial charge on any atom is 0.219 e. The van der Waals surface area contributed by atoms with Crippen LogP contribution in [0.25, 0.3) is 11.2 Å². The zero-order valence-electron chi connectivity index (χ0n) is 21.7. The highest BCUT2D eigenvalue weighted by Gasteiger charge is 2.22. The number of hydrogen-bond donors (Lipinski definition) is 0. The molecule has 0 atom stereocenters. The summed E-state index contributed by atoms with van der Waals surface area (Å²) in [6, 6.07) is 6.01. The van der Waals surface area contributed by atoms with Gasteiger partial charge in [-0.3, -0.25) is 14.3 Å². The number of fused-ring (bicyclic) bond motifs is 1. The fourth-order valence-corrected chi connectivity index (χ4v) is 5.55. The molecule has 190 valence electrons. The largest absolute Gasteiger partial charge is 0.370 e. The molecular weight excluding hydrogens is 450 g/mol. The van der Waals surface area contributed by atoms with Crippen molar-refractivity contribution >= 4 is 23.3 Å². The first-order chi connectivity index (χ1) is 17.5. The molecule has 2 aliphatic rings. The number of anilines is 1. The third kappa shape index (κ3) is 5.28. The van der Waals surface area contributed by atoms with E-state index >= 15 is 0 Å². The Kier molecular flexibility index (Phi) is 7.32. The van der Waals surface area contributed by atoms with Crippen LogP contribution in [-0.4, -0.2) is 63.2 Å². The Bertz CT molecular complexity index is 1320. The van der Waals surface area contributed by atoms with Crippen LogP contribution in [0.3, 0.4) is 0 Å². The number of aromatic nitrogens is 4. The van der Waals surface area contributed by atoms with Crippen LogP contribution >= 0.6 is 0 Å². The van der Waals surface area contributed by atoms with Crippen LogP contribution < -0.4 is 10.4 Å². The lowest BCUT2D eigenvalue weighted by Gasteiger charge is -2.37. The number of carbonyl (C=O) groups is 1. The monoisotopic (exact) mass is 487 g/mol. The van der Waals surface area contributed by atoms with Crippen molar-refractivity contribution in [2.45, 2.75) is 52.9 Å². The first-order valence-corrected chi connectivity index (χ1v) is 13.2. The van der Waals surface area contributed by atoms with Gasteiger partial charge in [-0.2, -0.15) is 5.10 Å². The molecular formula is C28H37N7O. The van der Waals surface area contributed by atoms with E-state index in [1.807, 2.05) is 55.9 Å². The van der Waals surface area contributed by atoms with Gasteiger partial charge >= 0.3 is 0 Å². The molecule has 0 bridgehead atoms. The summed E-state index contributed by atoms with van der Waals surface area (Å²) in [6.07, 6.45) is 13.1. The standard InChI is InChI=1S/C28H37N7O/c1-4-25(26-16-27-22(3)29-21(2)17-35(27)31-26)30-28-9-8-24(19-34(28)20-36)33-14-10-23(11-15-33)18-32-12-6-5-7-13-32/h4,8-9,16-17,19-20,23H,5-7,10-15,18H2,1-3H3/b25-4-,30-28?. The number of carbonyl (C=O) groups excluding carboxylic acids is 1. The summed E-state index contributed by atoms with van der Waals surface area (Å²) in [6.45, 7) is 11.7. The molecule has 36 heavy (non-hydrogen) atoms. The van der Waals surface area contributed by atoms with Gasteiger partial charge < -0.3 is 9.80 Å². The molecule has 2 fully saturated rings. The summed E-state index contributed by atoms with van der Waals surface area (Å²) in [5.41, 5.74) is 5.93. The van der Waals surface area contributed by atoms with Crippen LogP contribution in [0.2, 0.25) is 0 Å². The molecule has 5 heterocycles. The molecule has 0 unspecified atom stereocenters. The molecule has 0 N–H and O–H groups in total. The zero-order chi connectivity index (χ0) is 25.1. The third-order valence-corrected chi connectivity index (χ3v) is 7.53. The highest BCUT2D eigenvalue weighted by Crippen LogP contribution is 2.24. The second kappa shape index (κ2) is 10.8. The predicted molar refractivity (Wildman–Crippen MR) is 143 cm³/mol. The quantitative estimate of drug-likeness (QED) is 0.494. The van der Waals surface area contributed by atoms with Gasteiger partial charge in [-0.1, -0.05) is 12.5 Å². The number of aryl methyl sites for hydroxylation is 2. The Labute approximate surface area is 213 Å². The Morgan fingerprint density at radius 1 is 1.08 bits per heavy atom. The van der Waals surface area contributed by atoms with Crippen molar-refractivity contribution in [1.29, 1.82) is 0 Å². The first-order valence-electron chi connectivity index (χ1n) is 13.2.